The van der Waals surface area contributed by atoms with Crippen LogP contribution in [-0.2, 0) is 0 Å². The van der Waals surface area contributed by atoms with E-state index in [1.54, 1.807) is 4.90 Å². The number of unbranched alkanes of at least 4 members (excludes halogenated alkanes) is 2. The molecule has 0 spiro atoms. The van der Waals surface area contributed by atoms with Gasteiger partial charge in [0.15, 0.2) is 0 Å². The molecule has 0 aliphatic rings. The fourth-order valence-corrected chi connectivity index (χ4v) is 2.25. The number of hydrogen-bond donors (Lipinski definition) is 0. The number of alkyl halides is 1. The van der Waals surface area contributed by atoms with Crippen molar-refractivity contribution in [1.82, 2.24) is 4.90 Å². The quantitative estimate of drug-likeness (QED) is 0.538. The molecule has 0 saturated heterocycles. The normalized spacial score (nSPS) is 10.3. The van der Waals surface area contributed by atoms with Crippen LogP contribution in [-0.4, -0.2) is 36.3 Å². The number of hydrogen-bond acceptors (Lipinski definition) is 2. The van der Waals surface area contributed by atoms with Gasteiger partial charge in [0, 0.05) is 18.9 Å². The number of ether oxygens (including phenoxy) is 1. The summed E-state index contributed by atoms with van der Waals surface area (Å²) in [6, 6.07) is 7.42. The van der Waals surface area contributed by atoms with Crippen LogP contribution in [0.4, 0.5) is 0 Å². The molecule has 0 fully saturated rings. The minimum absolute atomic E-state index is 0.0305. The lowest BCUT2D eigenvalue weighted by Gasteiger charge is -2.18. The van der Waals surface area contributed by atoms with Gasteiger partial charge in [-0.15, -0.1) is 0 Å². The molecule has 0 heterocycles. The number of halogens is 1. The Bertz CT molecular complexity index is 395. The van der Waals surface area contributed by atoms with E-state index in [4.69, 9.17) is 4.74 Å². The van der Waals surface area contributed by atoms with E-state index in [1.807, 2.05) is 38.2 Å². The van der Waals surface area contributed by atoms with Crippen LogP contribution < -0.4 is 4.74 Å². The predicted octanol–water partition coefficient (Wildman–Crippen LogP) is 3.72. The van der Waals surface area contributed by atoms with Crippen LogP contribution in [0.15, 0.2) is 24.3 Å². The van der Waals surface area contributed by atoms with Gasteiger partial charge in [0.05, 0.1) is 12.2 Å². The summed E-state index contributed by atoms with van der Waals surface area (Å²) >= 11 is 3.41. The van der Waals surface area contributed by atoms with Crippen LogP contribution in [0.2, 0.25) is 0 Å². The highest BCUT2D eigenvalue weighted by atomic mass is 79.9. The van der Waals surface area contributed by atoms with Gasteiger partial charge >= 0.3 is 0 Å². The van der Waals surface area contributed by atoms with E-state index in [2.05, 4.69) is 15.9 Å². The summed E-state index contributed by atoms with van der Waals surface area (Å²) < 4.78 is 5.50. The molecule has 0 aromatic heterocycles. The molecule has 19 heavy (non-hydrogen) atoms. The van der Waals surface area contributed by atoms with E-state index >= 15 is 0 Å². The average molecular weight is 328 g/mol. The van der Waals surface area contributed by atoms with Crippen molar-refractivity contribution in [1.29, 1.82) is 0 Å². The summed E-state index contributed by atoms with van der Waals surface area (Å²) in [4.78, 5) is 14.1. The number of carbonyl (C=O) groups is 1. The molecule has 106 valence electrons. The Morgan fingerprint density at radius 2 is 2.00 bits per heavy atom. The summed E-state index contributed by atoms with van der Waals surface area (Å²) in [5.74, 6) is 0.699. The van der Waals surface area contributed by atoms with Gasteiger partial charge in [-0.1, -0.05) is 34.5 Å². The average Bonchev–Trinajstić information content (AvgIpc) is 2.43. The van der Waals surface area contributed by atoms with Crippen molar-refractivity contribution >= 4 is 21.8 Å². The second-order valence-corrected chi connectivity index (χ2v) is 5.20. The fraction of sp³-hybridized carbons (Fsp3) is 0.533. The largest absolute Gasteiger partial charge is 0.493 e. The fourth-order valence-electron chi connectivity index (χ4n) is 1.85. The Morgan fingerprint density at radius 3 is 2.68 bits per heavy atom. The summed E-state index contributed by atoms with van der Waals surface area (Å²) in [6.45, 7) is 3.27. The highest BCUT2D eigenvalue weighted by molar-refractivity contribution is 9.09. The smallest absolute Gasteiger partial charge is 0.257 e. The zero-order valence-electron chi connectivity index (χ0n) is 11.7. The van der Waals surface area contributed by atoms with Crippen LogP contribution in [0.3, 0.4) is 0 Å². The molecule has 1 aromatic rings. The van der Waals surface area contributed by atoms with E-state index in [0.717, 1.165) is 31.1 Å². The Morgan fingerprint density at radius 1 is 1.26 bits per heavy atom. The molecule has 1 amide bonds. The van der Waals surface area contributed by atoms with Crippen molar-refractivity contribution < 1.29 is 9.53 Å². The molecule has 0 N–H and O–H groups in total. The van der Waals surface area contributed by atoms with Crippen LogP contribution >= 0.6 is 15.9 Å². The highest BCUT2D eigenvalue weighted by Gasteiger charge is 2.15. The first-order valence-corrected chi connectivity index (χ1v) is 7.86. The maximum absolute atomic E-state index is 12.3. The van der Waals surface area contributed by atoms with Gasteiger partial charge in [0.1, 0.15) is 5.75 Å². The number of para-hydroxylation sites is 1. The topological polar surface area (TPSA) is 29.5 Å². The summed E-state index contributed by atoms with van der Waals surface area (Å²) in [7, 11) is 1.85. The molecule has 0 radical (unpaired) electrons. The van der Waals surface area contributed by atoms with Gasteiger partial charge in [-0.25, -0.2) is 0 Å². The van der Waals surface area contributed by atoms with Gasteiger partial charge in [-0.3, -0.25) is 4.79 Å². The van der Waals surface area contributed by atoms with Crippen molar-refractivity contribution in [3.8, 4) is 5.75 Å². The second-order valence-electron chi connectivity index (χ2n) is 4.41. The number of amides is 1. The third-order valence-corrected chi connectivity index (χ3v) is 3.45. The van der Waals surface area contributed by atoms with Crippen molar-refractivity contribution in [2.45, 2.75) is 26.2 Å². The van der Waals surface area contributed by atoms with Gasteiger partial charge in [-0.2, -0.15) is 0 Å². The first-order chi connectivity index (χ1) is 9.20. The number of carbonyl (C=O) groups excluding carboxylic acids is 1. The molecule has 0 atom stereocenters. The minimum Gasteiger partial charge on any atom is -0.493 e. The van der Waals surface area contributed by atoms with Crippen molar-refractivity contribution in [3.63, 3.8) is 0 Å². The third-order valence-electron chi connectivity index (χ3n) is 2.89. The summed E-state index contributed by atoms with van der Waals surface area (Å²) in [5.41, 5.74) is 0.646. The van der Waals surface area contributed by atoms with Crippen LogP contribution in [0.1, 0.15) is 36.5 Å². The Labute approximate surface area is 124 Å². The Kier molecular flexibility index (Phi) is 7.56. The minimum atomic E-state index is 0.0305. The van der Waals surface area contributed by atoms with Crippen molar-refractivity contribution in [3.05, 3.63) is 29.8 Å². The molecule has 1 rings (SSSR count). The Hall–Kier alpha value is -1.03. The zero-order valence-corrected chi connectivity index (χ0v) is 13.3. The third kappa shape index (κ3) is 5.23. The van der Waals surface area contributed by atoms with E-state index < -0.39 is 0 Å². The molecule has 4 heteroatoms. The molecule has 0 aliphatic carbocycles. The molecule has 0 aliphatic heterocycles. The molecule has 1 aromatic carbocycles. The molecule has 0 saturated carbocycles. The molecule has 0 bridgehead atoms. The highest BCUT2D eigenvalue weighted by Crippen LogP contribution is 2.19. The van der Waals surface area contributed by atoms with Gasteiger partial charge in [0.25, 0.3) is 5.91 Å². The maximum atomic E-state index is 12.3. The number of rotatable bonds is 8. The zero-order chi connectivity index (χ0) is 14.1. The van der Waals surface area contributed by atoms with Gasteiger partial charge in [0.2, 0.25) is 0 Å². The van der Waals surface area contributed by atoms with Crippen LogP contribution in [0.5, 0.6) is 5.75 Å². The maximum Gasteiger partial charge on any atom is 0.257 e. The second kappa shape index (κ2) is 8.97. The number of nitrogens with zero attached hydrogens (tertiary/aromatic N) is 1. The standard InChI is InChI=1S/C15H22BrNO2/c1-3-19-14-10-6-5-9-13(14)15(18)17(2)12-8-4-7-11-16/h5-6,9-10H,3-4,7-8,11-12H2,1-2H3. The van der Waals surface area contributed by atoms with E-state index in [0.29, 0.717) is 17.9 Å². The first kappa shape index (κ1) is 16.0. The SMILES string of the molecule is CCOc1ccccc1C(=O)N(C)CCCCCBr. The summed E-state index contributed by atoms with van der Waals surface area (Å²) in [5, 5.41) is 1.03. The van der Waals surface area contributed by atoms with E-state index in [1.165, 1.54) is 0 Å². The summed E-state index contributed by atoms with van der Waals surface area (Å²) in [6.07, 6.45) is 3.32. The molecular weight excluding hydrogens is 306 g/mol. The molecule has 3 nitrogen and oxygen atoms in total. The number of benzene rings is 1. The predicted molar refractivity (Wildman–Crippen MR) is 82.2 cm³/mol. The first-order valence-electron chi connectivity index (χ1n) is 6.74. The molecule has 0 unspecified atom stereocenters. The van der Waals surface area contributed by atoms with Crippen molar-refractivity contribution in [2.24, 2.45) is 0 Å². The van der Waals surface area contributed by atoms with Crippen LogP contribution in [0, 0.1) is 0 Å². The van der Waals surface area contributed by atoms with E-state index in [-0.39, 0.29) is 5.91 Å². The van der Waals surface area contributed by atoms with Crippen molar-refractivity contribution in [2.75, 3.05) is 25.5 Å². The van der Waals surface area contributed by atoms with Gasteiger partial charge in [-0.05, 0) is 31.9 Å². The lowest BCUT2D eigenvalue weighted by atomic mass is 10.1. The van der Waals surface area contributed by atoms with Crippen LogP contribution in [0.25, 0.3) is 0 Å². The Balaban J connectivity index is 2.60. The molecular formula is C15H22BrNO2. The lowest BCUT2D eigenvalue weighted by Crippen LogP contribution is -2.28. The monoisotopic (exact) mass is 327 g/mol. The van der Waals surface area contributed by atoms with E-state index in [9.17, 15) is 4.79 Å². The lowest BCUT2D eigenvalue weighted by molar-refractivity contribution is 0.0788. The van der Waals surface area contributed by atoms with Gasteiger partial charge < -0.3 is 9.64 Å².